The van der Waals surface area contributed by atoms with Gasteiger partial charge in [-0.3, -0.25) is 4.79 Å². The highest BCUT2D eigenvalue weighted by Crippen LogP contribution is 2.39. The lowest BCUT2D eigenvalue weighted by Gasteiger charge is -2.42. The summed E-state index contributed by atoms with van der Waals surface area (Å²) >= 11 is 0. The van der Waals surface area contributed by atoms with E-state index < -0.39 is 15.3 Å². The van der Waals surface area contributed by atoms with Gasteiger partial charge >= 0.3 is 0 Å². The standard InChI is InChI=1S/C24H36N2O5S/c1-16(2)32(28,29)25-21-5-4-12-26-22(21)14-30-19-9-7-18(8-10-19)20-13-17(3)6-11-23(20)31-15-24(26)27/h6,11,13,16,18-19,21-22,25H,4-5,7-10,12,14-15H2,1-3H3/t18?,19?,21-,22?/m0/s1. The Bertz CT molecular complexity index is 924. The molecule has 3 heterocycles. The molecule has 0 aromatic heterocycles. The first-order chi connectivity index (χ1) is 15.2. The largest absolute Gasteiger partial charge is 0.483 e. The number of sulfonamides is 1. The maximum atomic E-state index is 13.2. The van der Waals surface area contributed by atoms with Crippen LogP contribution in [0.4, 0.5) is 0 Å². The predicted molar refractivity (Wildman–Crippen MR) is 123 cm³/mol. The number of piperidine rings is 1. The maximum absolute atomic E-state index is 13.2. The van der Waals surface area contributed by atoms with E-state index in [4.69, 9.17) is 9.47 Å². The van der Waals surface area contributed by atoms with E-state index in [1.807, 2.05) is 12.1 Å². The summed E-state index contributed by atoms with van der Waals surface area (Å²) in [5, 5.41) is -0.525. The number of hydrogen-bond donors (Lipinski definition) is 1. The number of amides is 1. The fraction of sp³-hybridized carbons (Fsp3) is 0.708. The number of fused-ring (bicyclic) bond motifs is 5. The molecule has 1 saturated carbocycles. The highest BCUT2D eigenvalue weighted by molar-refractivity contribution is 7.90. The third-order valence-electron chi connectivity index (χ3n) is 7.17. The van der Waals surface area contributed by atoms with E-state index in [9.17, 15) is 13.2 Å². The van der Waals surface area contributed by atoms with E-state index in [0.717, 1.165) is 37.9 Å². The summed E-state index contributed by atoms with van der Waals surface area (Å²) in [6.07, 6.45) is 5.55. The second-order valence-corrected chi connectivity index (χ2v) is 12.0. The average molecular weight is 465 g/mol. The smallest absolute Gasteiger partial charge is 0.260 e. The van der Waals surface area contributed by atoms with Crippen molar-refractivity contribution >= 4 is 15.9 Å². The van der Waals surface area contributed by atoms with E-state index in [-0.39, 0.29) is 30.7 Å². The number of hydrogen-bond acceptors (Lipinski definition) is 5. The average Bonchev–Trinajstić information content (AvgIpc) is 2.78. The molecule has 7 nitrogen and oxygen atoms in total. The Morgan fingerprint density at radius 1 is 1.12 bits per heavy atom. The zero-order valence-electron chi connectivity index (χ0n) is 19.4. The van der Waals surface area contributed by atoms with Crippen molar-refractivity contribution in [2.24, 2.45) is 0 Å². The number of rotatable bonds is 3. The van der Waals surface area contributed by atoms with Crippen molar-refractivity contribution in [2.45, 2.75) is 88.7 Å². The SMILES string of the molecule is Cc1ccc2c(c1)C1CCC(CC1)OCC1[C@@H](NS(=O)(=O)C(C)C)CCCN1C(=O)CO2. The van der Waals surface area contributed by atoms with Gasteiger partial charge in [-0.2, -0.15) is 0 Å². The van der Waals surface area contributed by atoms with Gasteiger partial charge in [0.2, 0.25) is 10.0 Å². The molecule has 32 heavy (non-hydrogen) atoms. The molecule has 3 aliphatic heterocycles. The molecule has 5 rings (SSSR count). The predicted octanol–water partition coefficient (Wildman–Crippen LogP) is 3.12. The van der Waals surface area contributed by atoms with Gasteiger partial charge in [0.15, 0.2) is 6.61 Å². The summed E-state index contributed by atoms with van der Waals surface area (Å²) in [7, 11) is -3.45. The molecule has 1 amide bonds. The third-order valence-corrected chi connectivity index (χ3v) is 9.04. The first-order valence-electron chi connectivity index (χ1n) is 11.9. The summed E-state index contributed by atoms with van der Waals surface area (Å²) in [5.74, 6) is 1.08. The van der Waals surface area contributed by atoms with Crippen molar-refractivity contribution in [3.63, 3.8) is 0 Å². The first-order valence-corrected chi connectivity index (χ1v) is 13.4. The van der Waals surface area contributed by atoms with E-state index in [1.165, 1.54) is 11.1 Å². The molecular weight excluding hydrogens is 428 g/mol. The fourth-order valence-corrected chi connectivity index (χ4v) is 6.14. The summed E-state index contributed by atoms with van der Waals surface area (Å²) in [5.41, 5.74) is 2.38. The van der Waals surface area contributed by atoms with E-state index in [0.29, 0.717) is 25.5 Å². The minimum Gasteiger partial charge on any atom is -0.483 e. The quantitative estimate of drug-likeness (QED) is 0.743. The van der Waals surface area contributed by atoms with Gasteiger partial charge in [-0.1, -0.05) is 17.7 Å². The summed E-state index contributed by atoms with van der Waals surface area (Å²) in [6.45, 7) is 6.30. The molecule has 2 bridgehead atoms. The van der Waals surface area contributed by atoms with Crippen LogP contribution in [-0.2, 0) is 19.6 Å². The van der Waals surface area contributed by atoms with E-state index in [1.54, 1.807) is 18.7 Å². The number of nitrogens with one attached hydrogen (secondary N) is 1. The van der Waals surface area contributed by atoms with Crippen LogP contribution >= 0.6 is 0 Å². The Kier molecular flexibility index (Phi) is 7.12. The van der Waals surface area contributed by atoms with E-state index in [2.05, 4.69) is 17.7 Å². The Morgan fingerprint density at radius 2 is 1.88 bits per heavy atom. The highest BCUT2D eigenvalue weighted by atomic mass is 32.2. The molecule has 1 aromatic rings. The summed E-state index contributed by atoms with van der Waals surface area (Å²) in [6, 6.07) is 5.51. The van der Waals surface area contributed by atoms with Gasteiger partial charge in [-0.05, 0) is 76.8 Å². The minimum atomic E-state index is -3.45. The van der Waals surface area contributed by atoms with Gasteiger partial charge in [0, 0.05) is 12.6 Å². The Labute approximate surface area is 191 Å². The van der Waals surface area contributed by atoms with Gasteiger partial charge in [-0.15, -0.1) is 0 Å². The van der Waals surface area contributed by atoms with Crippen LogP contribution in [0.2, 0.25) is 0 Å². The molecule has 4 aliphatic rings. The van der Waals surface area contributed by atoms with Crippen molar-refractivity contribution in [1.29, 1.82) is 0 Å². The molecule has 1 unspecified atom stereocenters. The second kappa shape index (κ2) is 9.69. The van der Waals surface area contributed by atoms with Crippen LogP contribution in [0.3, 0.4) is 0 Å². The van der Waals surface area contributed by atoms with Gasteiger partial charge in [0.25, 0.3) is 5.91 Å². The van der Waals surface area contributed by atoms with Crippen LogP contribution in [0.5, 0.6) is 5.75 Å². The normalized spacial score (nSPS) is 29.4. The van der Waals surface area contributed by atoms with Gasteiger partial charge in [-0.25, -0.2) is 13.1 Å². The molecule has 1 N–H and O–H groups in total. The zero-order chi connectivity index (χ0) is 22.9. The first kappa shape index (κ1) is 23.5. The lowest BCUT2D eigenvalue weighted by atomic mass is 9.82. The highest BCUT2D eigenvalue weighted by Gasteiger charge is 2.38. The number of benzene rings is 1. The molecule has 8 heteroatoms. The minimum absolute atomic E-state index is 0.0492. The second-order valence-electron chi connectivity index (χ2n) is 9.75. The summed E-state index contributed by atoms with van der Waals surface area (Å²) in [4.78, 5) is 15.0. The fourth-order valence-electron chi connectivity index (χ4n) is 5.17. The molecule has 0 radical (unpaired) electrons. The van der Waals surface area contributed by atoms with Gasteiger partial charge in [0.05, 0.1) is 24.0 Å². The lowest BCUT2D eigenvalue weighted by molar-refractivity contribution is -0.140. The van der Waals surface area contributed by atoms with Gasteiger partial charge in [0.1, 0.15) is 5.75 Å². The van der Waals surface area contributed by atoms with Crippen molar-refractivity contribution in [3.8, 4) is 5.75 Å². The Hall–Kier alpha value is -1.64. The molecule has 1 aliphatic carbocycles. The lowest BCUT2D eigenvalue weighted by Crippen LogP contribution is -2.60. The molecule has 2 fully saturated rings. The van der Waals surface area contributed by atoms with Gasteiger partial charge < -0.3 is 14.4 Å². The van der Waals surface area contributed by atoms with Crippen LogP contribution in [0, 0.1) is 6.92 Å². The van der Waals surface area contributed by atoms with Crippen LogP contribution in [0.1, 0.15) is 69.4 Å². The topological polar surface area (TPSA) is 84.9 Å². The number of aryl methyl sites for hydroxylation is 1. The third kappa shape index (κ3) is 5.13. The summed E-state index contributed by atoms with van der Waals surface area (Å²) < 4.78 is 40.4. The molecular formula is C24H36N2O5S. The van der Waals surface area contributed by atoms with Crippen molar-refractivity contribution < 1.29 is 22.7 Å². The monoisotopic (exact) mass is 464 g/mol. The molecule has 0 spiro atoms. The van der Waals surface area contributed by atoms with Crippen molar-refractivity contribution in [2.75, 3.05) is 19.8 Å². The van der Waals surface area contributed by atoms with Crippen LogP contribution < -0.4 is 9.46 Å². The molecule has 1 saturated heterocycles. The molecule has 1 aromatic carbocycles. The van der Waals surface area contributed by atoms with Crippen molar-refractivity contribution in [1.82, 2.24) is 9.62 Å². The molecule has 2 atom stereocenters. The number of carbonyl (C=O) groups is 1. The number of nitrogens with zero attached hydrogens (tertiary/aromatic N) is 1. The Balaban J connectivity index is 1.61. The number of carbonyl (C=O) groups excluding carboxylic acids is 1. The number of ether oxygens (including phenoxy) is 2. The van der Waals surface area contributed by atoms with Crippen LogP contribution in [-0.4, -0.2) is 62.4 Å². The van der Waals surface area contributed by atoms with Crippen LogP contribution in [0.25, 0.3) is 0 Å². The zero-order valence-corrected chi connectivity index (χ0v) is 20.2. The molecule has 178 valence electrons. The Morgan fingerprint density at radius 3 is 2.59 bits per heavy atom. The maximum Gasteiger partial charge on any atom is 0.260 e. The van der Waals surface area contributed by atoms with Crippen molar-refractivity contribution in [3.05, 3.63) is 29.3 Å². The van der Waals surface area contributed by atoms with E-state index >= 15 is 0 Å². The van der Waals surface area contributed by atoms with Crippen LogP contribution in [0.15, 0.2) is 18.2 Å².